The molecule has 0 spiro atoms. The molecular formula is C18H23N3O2. The van der Waals surface area contributed by atoms with Crippen molar-refractivity contribution in [2.45, 2.75) is 20.8 Å². The van der Waals surface area contributed by atoms with Crippen LogP contribution in [0.4, 0.5) is 11.4 Å². The Labute approximate surface area is 136 Å². The second-order valence-electron chi connectivity index (χ2n) is 5.59. The van der Waals surface area contributed by atoms with Crippen LogP contribution in [0, 0.1) is 6.92 Å². The van der Waals surface area contributed by atoms with Crippen molar-refractivity contribution in [2.24, 2.45) is 12.0 Å². The van der Waals surface area contributed by atoms with Crippen molar-refractivity contribution in [3.63, 3.8) is 0 Å². The molecule has 122 valence electrons. The third kappa shape index (κ3) is 4.07. The van der Waals surface area contributed by atoms with Crippen LogP contribution in [0.5, 0.6) is 0 Å². The molecule has 0 amide bonds. The number of nitrogens with zero attached hydrogens (tertiary/aromatic N) is 2. The van der Waals surface area contributed by atoms with Crippen LogP contribution in [0.15, 0.2) is 40.2 Å². The molecule has 0 aliphatic heterocycles. The second kappa shape index (κ2) is 7.24. The van der Waals surface area contributed by atoms with E-state index in [1.807, 2.05) is 51.2 Å². The molecule has 0 unspecified atom stereocenters. The van der Waals surface area contributed by atoms with Crippen LogP contribution in [0.1, 0.15) is 19.4 Å². The Morgan fingerprint density at radius 3 is 2.70 bits per heavy atom. The lowest BCUT2D eigenvalue weighted by Crippen LogP contribution is -2.18. The predicted octanol–water partition coefficient (Wildman–Crippen LogP) is 3.07. The Hall–Kier alpha value is -2.40. The van der Waals surface area contributed by atoms with Crippen LogP contribution in [0.2, 0.25) is 0 Å². The first kappa shape index (κ1) is 17.0. The first-order valence-corrected chi connectivity index (χ1v) is 7.61. The summed E-state index contributed by atoms with van der Waals surface area (Å²) >= 11 is 0. The van der Waals surface area contributed by atoms with Gasteiger partial charge in [0.25, 0.3) is 5.56 Å². The van der Waals surface area contributed by atoms with Gasteiger partial charge in [-0.2, -0.15) is 0 Å². The average molecular weight is 313 g/mol. The second-order valence-corrected chi connectivity index (χ2v) is 5.59. The van der Waals surface area contributed by atoms with Gasteiger partial charge in [-0.1, -0.05) is 6.07 Å². The van der Waals surface area contributed by atoms with Crippen molar-refractivity contribution in [1.82, 2.24) is 4.57 Å². The Morgan fingerprint density at radius 1 is 1.30 bits per heavy atom. The largest absolute Gasteiger partial charge is 0.397 e. The van der Waals surface area contributed by atoms with Gasteiger partial charge in [-0.05, 0) is 50.1 Å². The minimum absolute atomic E-state index is 0.00926. The minimum Gasteiger partial charge on any atom is -0.397 e. The first-order chi connectivity index (χ1) is 10.9. The van der Waals surface area contributed by atoms with Gasteiger partial charge in [-0.25, -0.2) is 0 Å². The summed E-state index contributed by atoms with van der Waals surface area (Å²) in [5, 5.41) is 0. The van der Waals surface area contributed by atoms with Gasteiger partial charge in [0.05, 0.1) is 18.0 Å². The van der Waals surface area contributed by atoms with Crippen LogP contribution in [0.25, 0.3) is 11.1 Å². The normalized spacial score (nSPS) is 11.7. The van der Waals surface area contributed by atoms with Crippen LogP contribution >= 0.6 is 0 Å². The van der Waals surface area contributed by atoms with Crippen molar-refractivity contribution >= 4 is 17.1 Å². The molecule has 1 aromatic heterocycles. The highest BCUT2D eigenvalue weighted by molar-refractivity contribution is 5.88. The maximum Gasteiger partial charge on any atom is 0.253 e. The molecule has 0 saturated heterocycles. The van der Waals surface area contributed by atoms with Gasteiger partial charge in [0.2, 0.25) is 0 Å². The van der Waals surface area contributed by atoms with E-state index in [4.69, 9.17) is 10.5 Å². The molecule has 1 heterocycles. The molecule has 5 heteroatoms. The number of hydrogen-bond donors (Lipinski definition) is 1. The summed E-state index contributed by atoms with van der Waals surface area (Å²) in [4.78, 5) is 16.4. The van der Waals surface area contributed by atoms with E-state index in [-0.39, 0.29) is 5.56 Å². The molecule has 2 rings (SSSR count). The van der Waals surface area contributed by atoms with Crippen molar-refractivity contribution in [1.29, 1.82) is 0 Å². The van der Waals surface area contributed by atoms with Crippen molar-refractivity contribution in [3.05, 3.63) is 46.4 Å². The van der Waals surface area contributed by atoms with E-state index in [9.17, 15) is 4.79 Å². The lowest BCUT2D eigenvalue weighted by Gasteiger charge is -2.09. The summed E-state index contributed by atoms with van der Waals surface area (Å²) in [6, 6.07) is 7.59. The van der Waals surface area contributed by atoms with Gasteiger partial charge in [-0.15, -0.1) is 0 Å². The highest BCUT2D eigenvalue weighted by atomic mass is 16.5. The van der Waals surface area contributed by atoms with Crippen molar-refractivity contribution in [2.75, 3.05) is 18.9 Å². The Bertz CT molecular complexity index is 765. The van der Waals surface area contributed by atoms with Gasteiger partial charge < -0.3 is 15.0 Å². The van der Waals surface area contributed by atoms with E-state index in [1.54, 1.807) is 11.6 Å². The number of hydrogen-bond acceptors (Lipinski definition) is 4. The van der Waals surface area contributed by atoms with E-state index < -0.39 is 0 Å². The van der Waals surface area contributed by atoms with Crippen LogP contribution < -0.4 is 11.3 Å². The number of aliphatic imine (C=N–C) groups is 1. The van der Waals surface area contributed by atoms with Gasteiger partial charge in [-0.3, -0.25) is 9.79 Å². The highest BCUT2D eigenvalue weighted by Gasteiger charge is 2.06. The number of nitrogen functional groups attached to an aromatic ring is 1. The zero-order valence-corrected chi connectivity index (χ0v) is 14.1. The molecule has 0 aliphatic rings. The van der Waals surface area contributed by atoms with E-state index in [1.165, 1.54) is 0 Å². The number of pyridine rings is 1. The fourth-order valence-electron chi connectivity index (χ4n) is 2.34. The number of anilines is 1. The van der Waals surface area contributed by atoms with Crippen molar-refractivity contribution < 1.29 is 4.74 Å². The van der Waals surface area contributed by atoms with E-state index >= 15 is 0 Å². The zero-order chi connectivity index (χ0) is 17.0. The Balaban J connectivity index is 2.43. The van der Waals surface area contributed by atoms with Gasteiger partial charge >= 0.3 is 0 Å². The molecule has 2 N–H and O–H groups in total. The van der Waals surface area contributed by atoms with Gasteiger partial charge in [0.15, 0.2) is 0 Å². The number of aromatic nitrogens is 1. The molecule has 0 atom stereocenters. The number of nitrogens with two attached hydrogens (primary N) is 1. The molecule has 1 aromatic carbocycles. The molecule has 0 bridgehead atoms. The lowest BCUT2D eigenvalue weighted by atomic mass is 10.0. The Morgan fingerprint density at radius 2 is 2.04 bits per heavy atom. The number of ether oxygens (including phenoxy) is 1. The predicted molar refractivity (Wildman–Crippen MR) is 95.5 cm³/mol. The molecule has 2 aromatic rings. The molecule has 5 nitrogen and oxygen atoms in total. The first-order valence-electron chi connectivity index (χ1n) is 7.61. The van der Waals surface area contributed by atoms with Crippen LogP contribution in [-0.2, 0) is 11.8 Å². The van der Waals surface area contributed by atoms with E-state index in [0.29, 0.717) is 30.2 Å². The number of rotatable bonds is 5. The number of aryl methyl sites for hydroxylation is 2. The SMILES string of the molecule is CCOCC(C)=Nc1cc(-c2cc(C)c(=O)n(C)c2)ccc1N. The summed E-state index contributed by atoms with van der Waals surface area (Å²) < 4.78 is 6.94. The highest BCUT2D eigenvalue weighted by Crippen LogP contribution is 2.29. The topological polar surface area (TPSA) is 69.6 Å². The maximum atomic E-state index is 11.8. The third-order valence-electron chi connectivity index (χ3n) is 3.55. The molecule has 0 fully saturated rings. The molecule has 0 aliphatic carbocycles. The molecular weight excluding hydrogens is 290 g/mol. The molecule has 0 radical (unpaired) electrons. The van der Waals surface area contributed by atoms with Gasteiger partial charge in [0, 0.05) is 31.1 Å². The van der Waals surface area contributed by atoms with Crippen molar-refractivity contribution in [3.8, 4) is 11.1 Å². The third-order valence-corrected chi connectivity index (χ3v) is 3.55. The Kier molecular flexibility index (Phi) is 5.34. The van der Waals surface area contributed by atoms with Gasteiger partial charge in [0.1, 0.15) is 0 Å². The standard InChI is InChI=1S/C18H23N3O2/c1-5-23-11-13(3)20-17-9-14(6-7-16(17)19)15-8-12(2)18(22)21(4)10-15/h6-10H,5,11,19H2,1-4H3. The number of benzene rings is 1. The summed E-state index contributed by atoms with van der Waals surface area (Å²) in [5.41, 5.74) is 10.9. The lowest BCUT2D eigenvalue weighted by molar-refractivity contribution is 0.187. The zero-order valence-electron chi connectivity index (χ0n) is 14.1. The van der Waals surface area contributed by atoms with Crippen LogP contribution in [-0.4, -0.2) is 23.5 Å². The molecule has 0 saturated carbocycles. The van der Waals surface area contributed by atoms with Crippen LogP contribution in [0.3, 0.4) is 0 Å². The fourth-order valence-corrected chi connectivity index (χ4v) is 2.34. The maximum absolute atomic E-state index is 11.8. The quantitative estimate of drug-likeness (QED) is 0.681. The summed E-state index contributed by atoms with van der Waals surface area (Å²) in [5.74, 6) is 0. The van der Waals surface area contributed by atoms with E-state index in [2.05, 4.69) is 4.99 Å². The van der Waals surface area contributed by atoms with E-state index in [0.717, 1.165) is 16.8 Å². The summed E-state index contributed by atoms with van der Waals surface area (Å²) in [7, 11) is 1.75. The summed E-state index contributed by atoms with van der Waals surface area (Å²) in [6.07, 6.45) is 1.82. The average Bonchev–Trinajstić information content (AvgIpc) is 2.52. The monoisotopic (exact) mass is 313 g/mol. The fraction of sp³-hybridized carbons (Fsp3) is 0.333. The smallest absolute Gasteiger partial charge is 0.253 e. The minimum atomic E-state index is 0.00926. The molecule has 23 heavy (non-hydrogen) atoms. The summed E-state index contributed by atoms with van der Waals surface area (Å²) in [6.45, 7) is 6.82.